The van der Waals surface area contributed by atoms with Crippen molar-refractivity contribution in [2.45, 2.75) is 46.0 Å². The van der Waals surface area contributed by atoms with E-state index in [1.807, 2.05) is 18.9 Å². The Balaban J connectivity index is 2.41. The number of carboxylic acids is 1. The van der Waals surface area contributed by atoms with E-state index in [4.69, 9.17) is 0 Å². The Hall–Kier alpha value is -1.30. The van der Waals surface area contributed by atoms with Crippen LogP contribution in [-0.2, 0) is 4.79 Å². The van der Waals surface area contributed by atoms with Crippen LogP contribution < -0.4 is 10.7 Å². The van der Waals surface area contributed by atoms with Crippen LogP contribution in [0.5, 0.6) is 0 Å². The van der Waals surface area contributed by atoms with Crippen molar-refractivity contribution in [3.8, 4) is 0 Å². The maximum absolute atomic E-state index is 11.8. The van der Waals surface area contributed by atoms with Crippen molar-refractivity contribution in [2.24, 2.45) is 5.41 Å². The number of urea groups is 1. The van der Waals surface area contributed by atoms with Crippen molar-refractivity contribution < 1.29 is 14.7 Å². The average molecular weight is 271 g/mol. The number of piperidine rings is 1. The minimum atomic E-state index is -0.862. The van der Waals surface area contributed by atoms with E-state index in [0.717, 1.165) is 25.9 Å². The molecule has 0 bridgehead atoms. The van der Waals surface area contributed by atoms with E-state index in [2.05, 4.69) is 10.7 Å². The van der Waals surface area contributed by atoms with E-state index in [1.165, 1.54) is 6.42 Å². The topological polar surface area (TPSA) is 81.7 Å². The number of nitrogens with zero attached hydrogens (tertiary/aromatic N) is 1. The van der Waals surface area contributed by atoms with Gasteiger partial charge in [0.15, 0.2) is 0 Å². The van der Waals surface area contributed by atoms with Crippen LogP contribution >= 0.6 is 0 Å². The smallest absolute Gasteiger partial charge is 0.329 e. The van der Waals surface area contributed by atoms with Gasteiger partial charge in [0.25, 0.3) is 0 Å². The number of carbonyl (C=O) groups excluding carboxylic acids is 1. The van der Waals surface area contributed by atoms with Crippen LogP contribution in [0, 0.1) is 5.41 Å². The van der Waals surface area contributed by atoms with Crippen LogP contribution in [0.3, 0.4) is 0 Å². The molecule has 110 valence electrons. The van der Waals surface area contributed by atoms with Gasteiger partial charge in [0, 0.05) is 19.6 Å². The summed E-state index contributed by atoms with van der Waals surface area (Å²) in [6, 6.07) is -0.311. The molecule has 6 heteroatoms. The van der Waals surface area contributed by atoms with E-state index >= 15 is 0 Å². The summed E-state index contributed by atoms with van der Waals surface area (Å²) in [6.07, 6.45) is 4.38. The fourth-order valence-corrected chi connectivity index (χ4v) is 2.32. The molecular formula is C13H25N3O3. The molecule has 19 heavy (non-hydrogen) atoms. The van der Waals surface area contributed by atoms with Crippen molar-refractivity contribution in [1.29, 1.82) is 0 Å². The zero-order valence-corrected chi connectivity index (χ0v) is 11.9. The summed E-state index contributed by atoms with van der Waals surface area (Å²) in [7, 11) is 0. The van der Waals surface area contributed by atoms with Crippen molar-refractivity contribution in [2.75, 3.05) is 19.6 Å². The summed E-state index contributed by atoms with van der Waals surface area (Å²) < 4.78 is 0. The lowest BCUT2D eigenvalue weighted by atomic mass is 9.82. The van der Waals surface area contributed by atoms with Crippen LogP contribution in [-0.4, -0.2) is 41.8 Å². The first-order chi connectivity index (χ1) is 9.04. The first-order valence-electron chi connectivity index (χ1n) is 7.07. The largest absolute Gasteiger partial charge is 0.481 e. The molecule has 1 rings (SSSR count). The number of hydrogen-bond acceptors (Lipinski definition) is 3. The predicted octanol–water partition coefficient (Wildman–Crippen LogP) is 1.58. The van der Waals surface area contributed by atoms with E-state index in [0.29, 0.717) is 12.8 Å². The molecule has 1 aliphatic heterocycles. The summed E-state index contributed by atoms with van der Waals surface area (Å²) in [5.74, 6) is -0.851. The molecule has 0 atom stereocenters. The maximum Gasteiger partial charge on any atom is 0.329 e. The third-order valence-corrected chi connectivity index (χ3v) is 4.01. The quantitative estimate of drug-likeness (QED) is 0.685. The van der Waals surface area contributed by atoms with Gasteiger partial charge in [0.05, 0.1) is 5.41 Å². The summed E-state index contributed by atoms with van der Waals surface area (Å²) in [5.41, 5.74) is 1.91. The first-order valence-corrected chi connectivity index (χ1v) is 7.07. The van der Waals surface area contributed by atoms with Crippen LogP contribution in [0.25, 0.3) is 0 Å². The summed E-state index contributed by atoms with van der Waals surface area (Å²) in [4.78, 5) is 23.1. The number of hydrogen-bond donors (Lipinski definition) is 3. The van der Waals surface area contributed by atoms with Gasteiger partial charge in [0.2, 0.25) is 0 Å². The van der Waals surface area contributed by atoms with Crippen molar-refractivity contribution in [3.05, 3.63) is 0 Å². The monoisotopic (exact) mass is 271 g/mol. The van der Waals surface area contributed by atoms with Crippen LogP contribution in [0.2, 0.25) is 0 Å². The lowest BCUT2D eigenvalue weighted by molar-refractivity contribution is -0.149. The zero-order chi connectivity index (χ0) is 14.3. The Bertz CT molecular complexity index is 310. The second-order valence-electron chi connectivity index (χ2n) is 5.13. The van der Waals surface area contributed by atoms with Gasteiger partial charge in [-0.3, -0.25) is 10.2 Å². The van der Waals surface area contributed by atoms with Crippen molar-refractivity contribution in [3.63, 3.8) is 0 Å². The molecular weight excluding hydrogens is 246 g/mol. The highest BCUT2D eigenvalue weighted by molar-refractivity contribution is 5.77. The molecule has 0 aliphatic carbocycles. The van der Waals surface area contributed by atoms with E-state index in [9.17, 15) is 14.7 Å². The first kappa shape index (κ1) is 15.8. The highest BCUT2D eigenvalue weighted by Crippen LogP contribution is 2.25. The van der Waals surface area contributed by atoms with E-state index in [-0.39, 0.29) is 12.6 Å². The number of aliphatic carboxylic acids is 1. The van der Waals surface area contributed by atoms with Gasteiger partial charge in [-0.15, -0.1) is 0 Å². The Morgan fingerprint density at radius 3 is 2.21 bits per heavy atom. The lowest BCUT2D eigenvalue weighted by Gasteiger charge is -2.29. The summed E-state index contributed by atoms with van der Waals surface area (Å²) in [6.45, 7) is 5.55. The van der Waals surface area contributed by atoms with Gasteiger partial charge < -0.3 is 10.4 Å². The van der Waals surface area contributed by atoms with E-state index < -0.39 is 11.4 Å². The summed E-state index contributed by atoms with van der Waals surface area (Å²) >= 11 is 0. The Kier molecular flexibility index (Phi) is 6.08. The van der Waals surface area contributed by atoms with Crippen LogP contribution in [0.4, 0.5) is 4.79 Å². The van der Waals surface area contributed by atoms with E-state index in [1.54, 1.807) is 0 Å². The van der Waals surface area contributed by atoms with Gasteiger partial charge in [-0.1, -0.05) is 20.3 Å². The van der Waals surface area contributed by atoms with Crippen LogP contribution in [0.1, 0.15) is 46.0 Å². The van der Waals surface area contributed by atoms with Gasteiger partial charge in [0.1, 0.15) is 0 Å². The van der Waals surface area contributed by atoms with Gasteiger partial charge in [-0.2, -0.15) is 0 Å². The third kappa shape index (κ3) is 4.38. The molecule has 0 spiro atoms. The minimum absolute atomic E-state index is 0.162. The zero-order valence-electron chi connectivity index (χ0n) is 11.9. The Morgan fingerprint density at radius 2 is 1.74 bits per heavy atom. The normalized spacial score (nSPS) is 16.9. The standard InChI is InChI=1S/C13H25N3O3/c1-3-13(4-2,11(17)18)10-14-12(19)15-16-8-6-5-7-9-16/h3-10H2,1-2H3,(H,17,18)(H2,14,15,19). The number of nitrogens with one attached hydrogen (secondary N) is 2. The molecule has 6 nitrogen and oxygen atoms in total. The molecule has 3 N–H and O–H groups in total. The number of carboxylic acid groups (broad SMARTS) is 1. The number of carbonyl (C=O) groups is 2. The molecule has 1 saturated heterocycles. The number of amides is 2. The number of hydrazine groups is 1. The lowest BCUT2D eigenvalue weighted by Crippen LogP contribution is -2.52. The molecule has 0 unspecified atom stereocenters. The Morgan fingerprint density at radius 1 is 1.16 bits per heavy atom. The molecule has 0 aromatic rings. The SMILES string of the molecule is CCC(CC)(CNC(=O)NN1CCCCC1)C(=O)O. The number of rotatable bonds is 6. The average Bonchev–Trinajstić information content (AvgIpc) is 2.41. The minimum Gasteiger partial charge on any atom is -0.481 e. The second-order valence-corrected chi connectivity index (χ2v) is 5.13. The molecule has 1 heterocycles. The second kappa shape index (κ2) is 7.33. The summed E-state index contributed by atoms with van der Waals surface area (Å²) in [5, 5.41) is 13.8. The molecule has 1 aliphatic rings. The fourth-order valence-electron chi connectivity index (χ4n) is 2.32. The fraction of sp³-hybridized carbons (Fsp3) is 0.846. The molecule has 2 amide bonds. The highest BCUT2D eigenvalue weighted by Gasteiger charge is 2.35. The molecule has 0 aromatic carbocycles. The molecule has 0 radical (unpaired) electrons. The third-order valence-electron chi connectivity index (χ3n) is 4.01. The Labute approximate surface area is 114 Å². The highest BCUT2D eigenvalue weighted by atomic mass is 16.4. The molecule has 0 saturated carbocycles. The van der Waals surface area contributed by atoms with Crippen LogP contribution in [0.15, 0.2) is 0 Å². The van der Waals surface area contributed by atoms with Gasteiger partial charge in [-0.25, -0.2) is 9.80 Å². The predicted molar refractivity (Wildman–Crippen MR) is 72.6 cm³/mol. The van der Waals surface area contributed by atoms with Gasteiger partial charge in [-0.05, 0) is 25.7 Å². The maximum atomic E-state index is 11.8. The van der Waals surface area contributed by atoms with Gasteiger partial charge >= 0.3 is 12.0 Å². The molecule has 1 fully saturated rings. The molecule has 0 aromatic heterocycles. The van der Waals surface area contributed by atoms with Crippen molar-refractivity contribution >= 4 is 12.0 Å². The van der Waals surface area contributed by atoms with Crippen molar-refractivity contribution in [1.82, 2.24) is 15.8 Å².